The Morgan fingerprint density at radius 2 is 1.92 bits per heavy atom. The van der Waals surface area contributed by atoms with Crippen LogP contribution in [0.25, 0.3) is 0 Å². The minimum absolute atomic E-state index is 0.273. The number of terminal acetylenes is 1. The third-order valence-corrected chi connectivity index (χ3v) is 7.44. The van der Waals surface area contributed by atoms with Crippen molar-refractivity contribution in [2.45, 2.75) is 52.4 Å². The van der Waals surface area contributed by atoms with Crippen molar-refractivity contribution in [3.63, 3.8) is 0 Å². The second-order valence-corrected chi connectivity index (χ2v) is 11.6. The van der Waals surface area contributed by atoms with Crippen LogP contribution in [0, 0.1) is 35.6 Å². The van der Waals surface area contributed by atoms with Gasteiger partial charge in [0.1, 0.15) is 29.3 Å². The van der Waals surface area contributed by atoms with Gasteiger partial charge in [0.25, 0.3) is 5.91 Å². The van der Waals surface area contributed by atoms with Gasteiger partial charge in [-0.3, -0.25) is 14.6 Å². The molecule has 2 amide bonds. The van der Waals surface area contributed by atoms with Gasteiger partial charge in [0.05, 0.1) is 5.56 Å². The average Bonchev–Trinajstić information content (AvgIpc) is 2.85. The molecule has 7 nitrogen and oxygen atoms in total. The molecule has 38 heavy (non-hydrogen) atoms. The van der Waals surface area contributed by atoms with Gasteiger partial charge in [-0.1, -0.05) is 18.1 Å². The van der Waals surface area contributed by atoms with Crippen LogP contribution < -0.4 is 10.1 Å². The van der Waals surface area contributed by atoms with Crippen LogP contribution in [0.2, 0.25) is 0 Å². The van der Waals surface area contributed by atoms with Crippen molar-refractivity contribution in [1.82, 2.24) is 15.1 Å². The molecule has 0 unspecified atom stereocenters. The molecule has 0 saturated carbocycles. The standard InChI is InChI=1S/C29H35FIN3O4/c1-8-21-16-33(11-12-34(21)28(36)38-29(4,5)6)17-26(20-10-9-18(2)23(30)14-20)37-25-13-19(3)24(31)15-22(25)27(35)32-7/h1,9-10,13-15,21,26H,11-12,16-17H2,2-7H3,(H,32,35)/t21-,26-/m1/s1. The van der Waals surface area contributed by atoms with E-state index in [2.05, 4.69) is 38.7 Å². The Kier molecular flexibility index (Phi) is 9.65. The molecule has 0 aliphatic carbocycles. The smallest absolute Gasteiger partial charge is 0.411 e. The van der Waals surface area contributed by atoms with E-state index in [1.54, 1.807) is 31.0 Å². The number of ether oxygens (including phenoxy) is 2. The van der Waals surface area contributed by atoms with E-state index < -0.39 is 23.8 Å². The Morgan fingerprint density at radius 3 is 2.53 bits per heavy atom. The molecule has 0 bridgehead atoms. The van der Waals surface area contributed by atoms with Crippen LogP contribution >= 0.6 is 22.6 Å². The van der Waals surface area contributed by atoms with Crippen molar-refractivity contribution in [1.29, 1.82) is 0 Å². The second kappa shape index (κ2) is 12.3. The van der Waals surface area contributed by atoms with E-state index in [1.807, 2.05) is 39.8 Å². The molecule has 1 aliphatic heterocycles. The second-order valence-electron chi connectivity index (χ2n) is 10.4. The number of benzene rings is 2. The molecule has 1 N–H and O–H groups in total. The fraction of sp³-hybridized carbons (Fsp3) is 0.448. The summed E-state index contributed by atoms with van der Waals surface area (Å²) in [5.74, 6) is 2.51. The Hall–Kier alpha value is -2.84. The third kappa shape index (κ3) is 7.38. The topological polar surface area (TPSA) is 71.1 Å². The highest BCUT2D eigenvalue weighted by molar-refractivity contribution is 14.1. The van der Waals surface area contributed by atoms with E-state index in [1.165, 1.54) is 6.07 Å². The van der Waals surface area contributed by atoms with Crippen LogP contribution in [0.15, 0.2) is 30.3 Å². The molecule has 1 saturated heterocycles. The van der Waals surface area contributed by atoms with Crippen LogP contribution in [-0.4, -0.2) is 66.7 Å². The van der Waals surface area contributed by atoms with E-state index in [4.69, 9.17) is 15.9 Å². The molecule has 9 heteroatoms. The molecule has 3 rings (SSSR count). The summed E-state index contributed by atoms with van der Waals surface area (Å²) < 4.78 is 27.5. The molecule has 0 radical (unpaired) electrons. The lowest BCUT2D eigenvalue weighted by Gasteiger charge is -2.40. The quantitative estimate of drug-likeness (QED) is 0.354. The first-order valence-corrected chi connectivity index (χ1v) is 13.5. The van der Waals surface area contributed by atoms with Gasteiger partial charge in [-0.15, -0.1) is 6.42 Å². The maximum Gasteiger partial charge on any atom is 0.411 e. The molecule has 1 fully saturated rings. The molecule has 2 atom stereocenters. The maximum absolute atomic E-state index is 14.6. The Morgan fingerprint density at radius 1 is 1.21 bits per heavy atom. The number of hydrogen-bond acceptors (Lipinski definition) is 5. The van der Waals surface area contributed by atoms with Crippen molar-refractivity contribution in [3.05, 3.63) is 62.0 Å². The van der Waals surface area contributed by atoms with E-state index in [9.17, 15) is 14.0 Å². The lowest BCUT2D eigenvalue weighted by molar-refractivity contribution is 0.00254. The summed E-state index contributed by atoms with van der Waals surface area (Å²) in [4.78, 5) is 29.0. The molecular weight excluding hydrogens is 600 g/mol. The summed E-state index contributed by atoms with van der Waals surface area (Å²) in [6, 6.07) is 8.13. The number of aryl methyl sites for hydroxylation is 2. The number of amides is 2. The van der Waals surface area contributed by atoms with Crippen molar-refractivity contribution in [3.8, 4) is 18.1 Å². The molecule has 204 valence electrons. The van der Waals surface area contributed by atoms with Crippen LogP contribution in [-0.2, 0) is 4.74 Å². The van der Waals surface area contributed by atoms with Crippen molar-refractivity contribution in [2.24, 2.45) is 0 Å². The van der Waals surface area contributed by atoms with Crippen molar-refractivity contribution < 1.29 is 23.5 Å². The van der Waals surface area contributed by atoms with E-state index in [0.29, 0.717) is 48.6 Å². The molecule has 2 aromatic carbocycles. The minimum atomic E-state index is -0.629. The number of nitrogens with zero attached hydrogens (tertiary/aromatic N) is 2. The fourth-order valence-electron chi connectivity index (χ4n) is 4.16. The SMILES string of the molecule is C#C[C@@H]1CN(C[C@@H](Oc2cc(C)c(I)cc2C(=O)NC)c2ccc(C)c(F)c2)CCN1C(=O)OC(C)(C)C. The zero-order valence-electron chi connectivity index (χ0n) is 22.7. The molecule has 0 aromatic heterocycles. The van der Waals surface area contributed by atoms with Gasteiger partial charge < -0.3 is 14.8 Å². The molecule has 0 spiro atoms. The maximum atomic E-state index is 14.6. The zero-order valence-corrected chi connectivity index (χ0v) is 24.9. The van der Waals surface area contributed by atoms with Crippen molar-refractivity contribution in [2.75, 3.05) is 33.2 Å². The highest BCUT2D eigenvalue weighted by Gasteiger charge is 2.34. The van der Waals surface area contributed by atoms with E-state index in [-0.39, 0.29) is 11.7 Å². The first-order valence-electron chi connectivity index (χ1n) is 12.5. The Bertz CT molecular complexity index is 1240. The summed E-state index contributed by atoms with van der Waals surface area (Å²) in [7, 11) is 1.57. The number of carbonyl (C=O) groups is 2. The lowest BCUT2D eigenvalue weighted by atomic mass is 10.0. The van der Waals surface area contributed by atoms with E-state index >= 15 is 0 Å². The van der Waals surface area contributed by atoms with E-state index in [0.717, 1.165) is 9.13 Å². The normalized spacial score (nSPS) is 16.9. The first-order chi connectivity index (χ1) is 17.8. The number of piperazine rings is 1. The van der Waals surface area contributed by atoms with Gasteiger partial charge >= 0.3 is 6.09 Å². The number of carbonyl (C=O) groups excluding carboxylic acids is 2. The fourth-order valence-corrected chi connectivity index (χ4v) is 4.63. The van der Waals surface area contributed by atoms with Gasteiger partial charge in [-0.05, 0) is 92.1 Å². The predicted molar refractivity (Wildman–Crippen MR) is 154 cm³/mol. The summed E-state index contributed by atoms with van der Waals surface area (Å²) in [5, 5.41) is 2.66. The summed E-state index contributed by atoms with van der Waals surface area (Å²) in [5.41, 5.74) is 1.90. The summed E-state index contributed by atoms with van der Waals surface area (Å²) in [6.07, 6.45) is 4.76. The minimum Gasteiger partial charge on any atom is -0.484 e. The molecule has 1 aliphatic rings. The number of rotatable bonds is 6. The number of hydrogen-bond donors (Lipinski definition) is 1. The Labute approximate surface area is 238 Å². The average molecular weight is 636 g/mol. The highest BCUT2D eigenvalue weighted by Crippen LogP contribution is 2.31. The number of nitrogens with one attached hydrogen (secondary N) is 1. The Balaban J connectivity index is 1.90. The van der Waals surface area contributed by atoms with Gasteiger partial charge in [0.2, 0.25) is 0 Å². The monoisotopic (exact) mass is 635 g/mol. The van der Waals surface area contributed by atoms with Crippen molar-refractivity contribution >= 4 is 34.6 Å². The summed E-state index contributed by atoms with van der Waals surface area (Å²) >= 11 is 2.18. The van der Waals surface area contributed by atoms with Crippen LogP contribution in [0.4, 0.5) is 9.18 Å². The molecular formula is C29H35FIN3O4. The molecule has 1 heterocycles. The first kappa shape index (κ1) is 29.7. The largest absolute Gasteiger partial charge is 0.484 e. The summed E-state index contributed by atoms with van der Waals surface area (Å²) in [6.45, 7) is 10.8. The van der Waals surface area contributed by atoms with Gasteiger partial charge in [0.15, 0.2) is 0 Å². The van der Waals surface area contributed by atoms with Crippen LogP contribution in [0.5, 0.6) is 5.75 Å². The van der Waals surface area contributed by atoms with Gasteiger partial charge in [0, 0.05) is 36.8 Å². The van der Waals surface area contributed by atoms with Gasteiger partial charge in [-0.2, -0.15) is 0 Å². The zero-order chi connectivity index (χ0) is 28.2. The van der Waals surface area contributed by atoms with Crippen LogP contribution in [0.1, 0.15) is 53.9 Å². The highest BCUT2D eigenvalue weighted by atomic mass is 127. The van der Waals surface area contributed by atoms with Gasteiger partial charge in [-0.25, -0.2) is 9.18 Å². The lowest BCUT2D eigenvalue weighted by Crippen LogP contribution is -2.56. The number of halogens is 2. The molecule has 2 aromatic rings. The third-order valence-electron chi connectivity index (χ3n) is 6.28. The predicted octanol–water partition coefficient (Wildman–Crippen LogP) is 5.08. The van der Waals surface area contributed by atoms with Crippen LogP contribution in [0.3, 0.4) is 0 Å².